The van der Waals surface area contributed by atoms with E-state index in [0.29, 0.717) is 11.3 Å². The Hall–Kier alpha value is -2.09. The second-order valence-electron chi connectivity index (χ2n) is 5.75. The molecule has 0 unspecified atom stereocenters. The van der Waals surface area contributed by atoms with Gasteiger partial charge in [0.2, 0.25) is 0 Å². The molecule has 2 nitrogen and oxygen atoms in total. The first-order chi connectivity index (χ1) is 10.1. The van der Waals surface area contributed by atoms with Crippen molar-refractivity contribution >= 4 is 5.78 Å². The minimum Gasteiger partial charge on any atom is -0.496 e. The Kier molecular flexibility index (Phi) is 3.54. The lowest BCUT2D eigenvalue weighted by Gasteiger charge is -2.13. The molecule has 21 heavy (non-hydrogen) atoms. The molecule has 0 spiro atoms. The Balaban J connectivity index is 2.05. The van der Waals surface area contributed by atoms with Gasteiger partial charge in [0.1, 0.15) is 5.75 Å². The lowest BCUT2D eigenvalue weighted by atomic mass is 9.96. The molecular weight excluding hydrogens is 260 g/mol. The van der Waals surface area contributed by atoms with Crippen LogP contribution in [0.4, 0.5) is 0 Å². The maximum Gasteiger partial charge on any atom is 0.196 e. The first-order valence-electron chi connectivity index (χ1n) is 7.42. The van der Waals surface area contributed by atoms with Crippen LogP contribution in [0, 0.1) is 13.8 Å². The Morgan fingerprint density at radius 2 is 1.81 bits per heavy atom. The molecule has 0 N–H and O–H groups in total. The maximum atomic E-state index is 12.8. The van der Waals surface area contributed by atoms with Gasteiger partial charge >= 0.3 is 0 Å². The molecule has 0 aromatic heterocycles. The highest BCUT2D eigenvalue weighted by Gasteiger charge is 2.19. The number of ether oxygens (including phenoxy) is 1. The summed E-state index contributed by atoms with van der Waals surface area (Å²) in [5, 5.41) is 0. The lowest BCUT2D eigenvalue weighted by molar-refractivity contribution is 0.103. The molecular formula is C19H20O2. The molecule has 0 fully saturated rings. The number of ketones is 1. The molecule has 0 amide bonds. The van der Waals surface area contributed by atoms with Gasteiger partial charge < -0.3 is 4.74 Å². The van der Waals surface area contributed by atoms with Gasteiger partial charge in [0.25, 0.3) is 0 Å². The Morgan fingerprint density at radius 3 is 2.57 bits per heavy atom. The van der Waals surface area contributed by atoms with Crippen LogP contribution < -0.4 is 4.74 Å². The van der Waals surface area contributed by atoms with Gasteiger partial charge in [-0.05, 0) is 67.5 Å². The predicted molar refractivity (Wildman–Crippen MR) is 84.4 cm³/mol. The number of hydrogen-bond acceptors (Lipinski definition) is 2. The fourth-order valence-corrected chi connectivity index (χ4v) is 3.10. The zero-order valence-electron chi connectivity index (χ0n) is 12.8. The summed E-state index contributed by atoms with van der Waals surface area (Å²) < 4.78 is 5.47. The van der Waals surface area contributed by atoms with Gasteiger partial charge in [-0.1, -0.05) is 18.2 Å². The Bertz CT molecular complexity index is 714. The van der Waals surface area contributed by atoms with Gasteiger partial charge in [0.15, 0.2) is 5.78 Å². The molecule has 0 saturated carbocycles. The van der Waals surface area contributed by atoms with E-state index in [1.54, 1.807) is 7.11 Å². The zero-order chi connectivity index (χ0) is 15.0. The molecule has 1 aliphatic carbocycles. The number of fused-ring (bicyclic) bond motifs is 1. The third-order valence-electron chi connectivity index (χ3n) is 4.49. The quantitative estimate of drug-likeness (QED) is 0.793. The van der Waals surface area contributed by atoms with Crippen LogP contribution >= 0.6 is 0 Å². The SMILES string of the molecule is COc1c(C(=O)c2ccc3c(c2)CCC3)ccc(C)c1C. The highest BCUT2D eigenvalue weighted by Crippen LogP contribution is 2.30. The largest absolute Gasteiger partial charge is 0.496 e. The number of carbonyl (C=O) groups is 1. The van der Waals surface area contributed by atoms with Crippen molar-refractivity contribution in [1.82, 2.24) is 0 Å². The van der Waals surface area contributed by atoms with Gasteiger partial charge in [-0.3, -0.25) is 4.79 Å². The van der Waals surface area contributed by atoms with Crippen molar-refractivity contribution in [3.8, 4) is 5.75 Å². The molecule has 0 heterocycles. The molecule has 0 aliphatic heterocycles. The highest BCUT2D eigenvalue weighted by molar-refractivity contribution is 6.11. The average Bonchev–Trinajstić information content (AvgIpc) is 2.96. The summed E-state index contributed by atoms with van der Waals surface area (Å²) in [6.45, 7) is 4.02. The highest BCUT2D eigenvalue weighted by atomic mass is 16.5. The van der Waals surface area contributed by atoms with Crippen LogP contribution in [-0.2, 0) is 12.8 Å². The van der Waals surface area contributed by atoms with E-state index in [9.17, 15) is 4.79 Å². The van der Waals surface area contributed by atoms with Crippen molar-refractivity contribution in [2.75, 3.05) is 7.11 Å². The average molecular weight is 280 g/mol. The Morgan fingerprint density at radius 1 is 1.05 bits per heavy atom. The first kappa shape index (κ1) is 13.9. The van der Waals surface area contributed by atoms with Crippen LogP contribution in [0.5, 0.6) is 5.75 Å². The molecule has 3 rings (SSSR count). The normalized spacial score (nSPS) is 13.1. The summed E-state index contributed by atoms with van der Waals surface area (Å²) in [4.78, 5) is 12.8. The van der Waals surface area contributed by atoms with Crippen molar-refractivity contribution in [3.05, 3.63) is 63.7 Å². The second-order valence-corrected chi connectivity index (χ2v) is 5.75. The maximum absolute atomic E-state index is 12.8. The van der Waals surface area contributed by atoms with Gasteiger partial charge in [-0.15, -0.1) is 0 Å². The van der Waals surface area contributed by atoms with E-state index in [-0.39, 0.29) is 5.78 Å². The predicted octanol–water partition coefficient (Wildman–Crippen LogP) is 4.03. The first-order valence-corrected chi connectivity index (χ1v) is 7.42. The molecule has 108 valence electrons. The summed E-state index contributed by atoms with van der Waals surface area (Å²) in [6, 6.07) is 9.96. The summed E-state index contributed by atoms with van der Waals surface area (Å²) in [6.07, 6.45) is 3.41. The Labute approximate surface area is 125 Å². The van der Waals surface area contributed by atoms with Crippen molar-refractivity contribution in [2.24, 2.45) is 0 Å². The second kappa shape index (κ2) is 5.36. The molecule has 2 aromatic carbocycles. The monoisotopic (exact) mass is 280 g/mol. The van der Waals surface area contributed by atoms with Crippen molar-refractivity contribution in [2.45, 2.75) is 33.1 Å². The molecule has 1 aliphatic rings. The van der Waals surface area contributed by atoms with E-state index in [1.807, 2.05) is 32.0 Å². The standard InChI is InChI=1S/C19H20O2/c1-12-7-10-17(19(21-3)13(12)2)18(20)16-9-8-14-5-4-6-15(14)11-16/h7-11H,4-6H2,1-3H3. The lowest BCUT2D eigenvalue weighted by Crippen LogP contribution is -2.06. The minimum absolute atomic E-state index is 0.0460. The number of benzene rings is 2. The molecule has 0 bridgehead atoms. The zero-order valence-corrected chi connectivity index (χ0v) is 12.8. The third kappa shape index (κ3) is 2.35. The molecule has 2 heteroatoms. The van der Waals surface area contributed by atoms with E-state index in [0.717, 1.165) is 29.5 Å². The van der Waals surface area contributed by atoms with Gasteiger partial charge in [0.05, 0.1) is 12.7 Å². The minimum atomic E-state index is 0.0460. The summed E-state index contributed by atoms with van der Waals surface area (Å²) >= 11 is 0. The molecule has 0 atom stereocenters. The van der Waals surface area contributed by atoms with Crippen LogP contribution in [0.3, 0.4) is 0 Å². The number of methoxy groups -OCH3 is 1. The summed E-state index contributed by atoms with van der Waals surface area (Å²) in [5.74, 6) is 0.741. The van der Waals surface area contributed by atoms with Crippen LogP contribution in [0.15, 0.2) is 30.3 Å². The molecule has 0 saturated heterocycles. The smallest absolute Gasteiger partial charge is 0.196 e. The van der Waals surface area contributed by atoms with Crippen LogP contribution in [-0.4, -0.2) is 12.9 Å². The van der Waals surface area contributed by atoms with Crippen LogP contribution in [0.1, 0.15) is 44.6 Å². The number of rotatable bonds is 3. The number of hydrogen-bond donors (Lipinski definition) is 0. The van der Waals surface area contributed by atoms with E-state index < -0.39 is 0 Å². The fourth-order valence-electron chi connectivity index (χ4n) is 3.10. The fraction of sp³-hybridized carbons (Fsp3) is 0.316. The summed E-state index contributed by atoms with van der Waals surface area (Å²) in [5.41, 5.74) is 6.29. The van der Waals surface area contributed by atoms with Gasteiger partial charge in [-0.25, -0.2) is 0 Å². The van der Waals surface area contributed by atoms with E-state index in [4.69, 9.17) is 4.74 Å². The van der Waals surface area contributed by atoms with Crippen LogP contribution in [0.2, 0.25) is 0 Å². The summed E-state index contributed by atoms with van der Waals surface area (Å²) in [7, 11) is 1.63. The van der Waals surface area contributed by atoms with Gasteiger partial charge in [0, 0.05) is 5.56 Å². The van der Waals surface area contributed by atoms with E-state index in [2.05, 4.69) is 12.1 Å². The van der Waals surface area contributed by atoms with Crippen molar-refractivity contribution < 1.29 is 9.53 Å². The molecule has 2 aromatic rings. The van der Waals surface area contributed by atoms with Crippen molar-refractivity contribution in [3.63, 3.8) is 0 Å². The van der Waals surface area contributed by atoms with Crippen molar-refractivity contribution in [1.29, 1.82) is 0 Å². The third-order valence-corrected chi connectivity index (χ3v) is 4.49. The van der Waals surface area contributed by atoms with E-state index in [1.165, 1.54) is 17.5 Å². The van der Waals surface area contributed by atoms with Gasteiger partial charge in [-0.2, -0.15) is 0 Å². The number of carbonyl (C=O) groups excluding carboxylic acids is 1. The molecule has 0 radical (unpaired) electrons. The number of aryl methyl sites for hydroxylation is 3. The topological polar surface area (TPSA) is 26.3 Å². The van der Waals surface area contributed by atoms with E-state index >= 15 is 0 Å². The van der Waals surface area contributed by atoms with Crippen LogP contribution in [0.25, 0.3) is 0 Å².